The lowest BCUT2D eigenvalue weighted by Gasteiger charge is -2.41. The maximum atomic E-state index is 14.2. The highest BCUT2D eigenvalue weighted by Gasteiger charge is 2.43. The largest absolute Gasteiger partial charge is 0.399 e. The van der Waals surface area contributed by atoms with Crippen LogP contribution < -0.4 is 11.1 Å². The number of likely N-dealkylation sites (tertiary alicyclic amines) is 1. The van der Waals surface area contributed by atoms with Crippen molar-refractivity contribution in [3.05, 3.63) is 29.8 Å². The Labute approximate surface area is 308 Å². The van der Waals surface area contributed by atoms with Crippen molar-refractivity contribution >= 4 is 29.2 Å². The van der Waals surface area contributed by atoms with Crippen molar-refractivity contribution < 1.29 is 28.7 Å². The number of hydrogen-bond acceptors (Lipinski definition) is 8. The van der Waals surface area contributed by atoms with Gasteiger partial charge in [0.1, 0.15) is 0 Å². The van der Waals surface area contributed by atoms with Gasteiger partial charge in [-0.15, -0.1) is 0 Å². The molecule has 51 heavy (non-hydrogen) atoms. The van der Waals surface area contributed by atoms with Crippen molar-refractivity contribution in [2.24, 2.45) is 29.6 Å². The van der Waals surface area contributed by atoms with E-state index in [-0.39, 0.29) is 72.2 Å². The molecule has 8 atom stereocenters. The molecule has 1 aliphatic heterocycles. The number of nitrogens with two attached hydrogens (primary N) is 1. The minimum Gasteiger partial charge on any atom is -0.399 e. The van der Waals surface area contributed by atoms with Crippen molar-refractivity contribution in [1.82, 2.24) is 20.0 Å². The van der Waals surface area contributed by atoms with Crippen molar-refractivity contribution in [3.63, 3.8) is 0 Å². The Hall–Kier alpha value is -3.02. The van der Waals surface area contributed by atoms with Crippen molar-refractivity contribution in [2.75, 3.05) is 54.2 Å². The number of rotatable bonds is 21. The number of likely N-dealkylation sites (N-methyl/N-ethyl adjacent to an activating group) is 2. The third kappa shape index (κ3) is 12.0. The zero-order valence-electron chi connectivity index (χ0n) is 33.6. The van der Waals surface area contributed by atoms with Crippen LogP contribution in [0.5, 0.6) is 0 Å². The summed E-state index contributed by atoms with van der Waals surface area (Å²) in [5, 5.41) is 3.04. The predicted molar refractivity (Wildman–Crippen MR) is 204 cm³/mol. The van der Waals surface area contributed by atoms with Crippen LogP contribution in [0.25, 0.3) is 0 Å². The molecule has 2 rings (SSSR count). The number of nitrogens with one attached hydrogen (secondary N) is 1. The molecule has 3 amide bonds. The van der Waals surface area contributed by atoms with Gasteiger partial charge in [-0.25, -0.2) is 0 Å². The lowest BCUT2D eigenvalue weighted by atomic mass is 9.83. The fourth-order valence-corrected chi connectivity index (χ4v) is 7.94. The van der Waals surface area contributed by atoms with E-state index in [1.807, 2.05) is 82.8 Å². The van der Waals surface area contributed by atoms with Gasteiger partial charge in [-0.1, -0.05) is 67.0 Å². The van der Waals surface area contributed by atoms with Crippen molar-refractivity contribution in [3.8, 4) is 0 Å². The van der Waals surface area contributed by atoms with E-state index in [2.05, 4.69) is 19.2 Å². The molecule has 0 aromatic heterocycles. The molecule has 0 bridgehead atoms. The van der Waals surface area contributed by atoms with Crippen molar-refractivity contribution in [1.29, 1.82) is 0 Å². The van der Waals surface area contributed by atoms with E-state index in [0.717, 1.165) is 24.8 Å². The number of ether oxygens (including phenoxy) is 2. The fraction of sp³-hybridized carbons (Fsp3) is 0.750. The lowest BCUT2D eigenvalue weighted by Crippen LogP contribution is -2.54. The number of methoxy groups -OCH3 is 2. The molecule has 1 saturated heterocycles. The Morgan fingerprint density at radius 1 is 0.941 bits per heavy atom. The number of hydrogen-bond donors (Lipinski definition) is 2. The number of carbonyl (C=O) groups is 4. The van der Waals surface area contributed by atoms with Gasteiger partial charge in [0.05, 0.1) is 42.7 Å². The molecule has 0 radical (unpaired) electrons. The predicted octanol–water partition coefficient (Wildman–Crippen LogP) is 4.67. The van der Waals surface area contributed by atoms with Crippen LogP contribution in [0.15, 0.2) is 24.3 Å². The Morgan fingerprint density at radius 2 is 1.57 bits per heavy atom. The van der Waals surface area contributed by atoms with Crippen molar-refractivity contribution in [2.45, 2.75) is 117 Å². The van der Waals surface area contributed by atoms with Gasteiger partial charge in [0, 0.05) is 52.4 Å². The van der Waals surface area contributed by atoms with E-state index in [1.54, 1.807) is 26.2 Å². The first-order chi connectivity index (χ1) is 24.0. The van der Waals surface area contributed by atoms with Crippen LogP contribution in [0.3, 0.4) is 0 Å². The highest BCUT2D eigenvalue weighted by molar-refractivity contribution is 5.90. The zero-order chi connectivity index (χ0) is 38.6. The quantitative estimate of drug-likeness (QED) is 0.176. The maximum absolute atomic E-state index is 14.2. The molecule has 11 nitrogen and oxygen atoms in total. The molecule has 0 unspecified atom stereocenters. The minimum atomic E-state index is -0.564. The van der Waals surface area contributed by atoms with Crippen LogP contribution in [0.4, 0.5) is 5.69 Å². The van der Waals surface area contributed by atoms with Crippen LogP contribution in [-0.2, 0) is 35.1 Å². The monoisotopic (exact) mass is 716 g/mol. The number of anilines is 1. The first kappa shape index (κ1) is 44.1. The Kier molecular flexibility index (Phi) is 18.1. The number of benzene rings is 1. The van der Waals surface area contributed by atoms with Crippen LogP contribution >= 0.6 is 0 Å². The summed E-state index contributed by atoms with van der Waals surface area (Å²) < 4.78 is 12.0. The van der Waals surface area contributed by atoms with E-state index in [9.17, 15) is 19.2 Å². The number of carbonyl (C=O) groups excluding carboxylic acids is 4. The molecule has 1 heterocycles. The molecule has 0 aliphatic carbocycles. The maximum Gasteiger partial charge on any atom is 0.226 e. The summed E-state index contributed by atoms with van der Waals surface area (Å²) in [6.45, 7) is 15.1. The molecule has 0 saturated carbocycles. The molecule has 1 aliphatic rings. The molecular weight excluding hydrogens is 646 g/mol. The van der Waals surface area contributed by atoms with Gasteiger partial charge >= 0.3 is 0 Å². The number of ketones is 1. The van der Waals surface area contributed by atoms with Gasteiger partial charge in [-0.2, -0.15) is 0 Å². The Morgan fingerprint density at radius 3 is 2.08 bits per heavy atom. The number of Topliss-reactive ketones (excluding diaryl/α,β-unsaturated/α-hetero) is 1. The van der Waals surface area contributed by atoms with E-state index in [1.165, 1.54) is 0 Å². The van der Waals surface area contributed by atoms with Gasteiger partial charge in [0.15, 0.2) is 5.78 Å². The second kappa shape index (κ2) is 20.9. The summed E-state index contributed by atoms with van der Waals surface area (Å²) in [5.41, 5.74) is 7.57. The van der Waals surface area contributed by atoms with Crippen LogP contribution in [0.1, 0.15) is 86.1 Å². The molecule has 1 aromatic carbocycles. The first-order valence-electron chi connectivity index (χ1n) is 18.9. The highest BCUT2D eigenvalue weighted by atomic mass is 16.5. The fourth-order valence-electron chi connectivity index (χ4n) is 7.94. The first-order valence-corrected chi connectivity index (χ1v) is 18.9. The molecule has 1 aromatic rings. The average Bonchev–Trinajstić information content (AvgIpc) is 3.56. The second-order valence-corrected chi connectivity index (χ2v) is 15.5. The van der Waals surface area contributed by atoms with Crippen LogP contribution in [0.2, 0.25) is 0 Å². The molecular formula is C40H69N5O6. The van der Waals surface area contributed by atoms with E-state index >= 15 is 0 Å². The van der Waals surface area contributed by atoms with Gasteiger partial charge in [0.25, 0.3) is 0 Å². The normalized spacial score (nSPS) is 19.0. The summed E-state index contributed by atoms with van der Waals surface area (Å²) in [7, 11) is 8.78. The molecule has 11 heteroatoms. The third-order valence-electron chi connectivity index (χ3n) is 11.0. The topological polar surface area (TPSA) is 135 Å². The molecule has 290 valence electrons. The second-order valence-electron chi connectivity index (χ2n) is 15.5. The smallest absolute Gasteiger partial charge is 0.226 e. The highest BCUT2D eigenvalue weighted by Crippen LogP contribution is 2.31. The summed E-state index contributed by atoms with van der Waals surface area (Å²) >= 11 is 0. The summed E-state index contributed by atoms with van der Waals surface area (Å²) in [4.78, 5) is 60.6. The standard InChI is InChI=1S/C40H69N5O6/c1-13-27(6)37(44(10)40(49)31(25(2)3)23-33(46)36(26(4)5)43(8)9)34(50-11)24-35(47)45-22-14-15-32(45)38(51-12)28(7)39(48)42-21-20-29-16-18-30(41)19-17-29/h16-19,25-28,31-32,34,36-38H,13-15,20-24,41H2,1-12H3,(H,42,48)/t27-,28+,31-,32-,34+,36-,37-,38+/m0/s1. The Bertz CT molecular complexity index is 1250. The SMILES string of the molecule is CC[C@H](C)[C@@H]([C@@H](CC(=O)N1CCC[C@H]1[C@H](OC)[C@@H](C)C(=O)NCCc1ccc(N)cc1)OC)N(C)C(=O)[C@@H](CC(=O)[C@H](C(C)C)N(C)C)C(C)C. The average molecular weight is 716 g/mol. The van der Waals surface area contributed by atoms with Gasteiger partial charge in [-0.3, -0.25) is 24.1 Å². The van der Waals surface area contributed by atoms with Gasteiger partial charge < -0.3 is 30.3 Å². The Balaban J connectivity index is 2.21. The number of nitrogen functional groups attached to an aromatic ring is 1. The summed E-state index contributed by atoms with van der Waals surface area (Å²) in [5.74, 6) is -1.11. The minimum absolute atomic E-state index is 0.0310. The zero-order valence-corrected chi connectivity index (χ0v) is 33.6. The van der Waals surface area contributed by atoms with E-state index in [0.29, 0.717) is 25.2 Å². The van der Waals surface area contributed by atoms with Crippen LogP contribution in [-0.4, -0.2) is 117 Å². The lowest BCUT2D eigenvalue weighted by molar-refractivity contribution is -0.149. The van der Waals surface area contributed by atoms with E-state index in [4.69, 9.17) is 15.2 Å². The van der Waals surface area contributed by atoms with Gasteiger partial charge in [0.2, 0.25) is 17.7 Å². The molecule has 1 fully saturated rings. The van der Waals surface area contributed by atoms with E-state index < -0.39 is 24.0 Å². The third-order valence-corrected chi connectivity index (χ3v) is 11.0. The van der Waals surface area contributed by atoms with Crippen LogP contribution in [0, 0.1) is 29.6 Å². The molecule has 0 spiro atoms. The summed E-state index contributed by atoms with van der Waals surface area (Å²) in [6.07, 6.45) is 2.19. The van der Waals surface area contributed by atoms with Gasteiger partial charge in [-0.05, 0) is 68.8 Å². The number of amides is 3. The summed E-state index contributed by atoms with van der Waals surface area (Å²) in [6, 6.07) is 6.69. The number of nitrogens with zero attached hydrogens (tertiary/aromatic N) is 3. The molecule has 3 N–H and O–H groups in total.